The van der Waals surface area contributed by atoms with Gasteiger partial charge in [0, 0.05) is 11.8 Å². The molecule has 0 amide bonds. The van der Waals surface area contributed by atoms with Gasteiger partial charge in [-0.05, 0) is 37.8 Å². The van der Waals surface area contributed by atoms with Crippen LogP contribution in [0.1, 0.15) is 29.0 Å². The molecule has 0 bridgehead atoms. The fraction of sp³-hybridized carbons (Fsp3) is 0.312. The highest BCUT2D eigenvalue weighted by Gasteiger charge is 2.25. The smallest absolute Gasteiger partial charge is 0.341 e. The van der Waals surface area contributed by atoms with Gasteiger partial charge in [-0.1, -0.05) is 29.3 Å². The van der Waals surface area contributed by atoms with Crippen LogP contribution in [0.4, 0.5) is 0 Å². The predicted octanol–water partition coefficient (Wildman–Crippen LogP) is 4.33. The number of rotatable bonds is 4. The van der Waals surface area contributed by atoms with Gasteiger partial charge in [0.1, 0.15) is 11.4 Å². The molecule has 1 aromatic heterocycles. The number of hydrogen-bond donors (Lipinski definition) is 0. The second-order valence-corrected chi connectivity index (χ2v) is 6.16. The number of benzene rings is 1. The van der Waals surface area contributed by atoms with Crippen molar-refractivity contribution in [3.05, 3.63) is 45.8 Å². The fourth-order valence-corrected chi connectivity index (χ4v) is 2.34. The molecule has 1 saturated carbocycles. The molecule has 4 nitrogen and oxygen atoms in total. The lowest BCUT2D eigenvalue weighted by molar-refractivity contribution is 0.0486. The molecule has 6 heteroatoms. The van der Waals surface area contributed by atoms with Gasteiger partial charge in [-0.2, -0.15) is 0 Å². The van der Waals surface area contributed by atoms with Crippen molar-refractivity contribution in [3.8, 4) is 11.3 Å². The van der Waals surface area contributed by atoms with Crippen molar-refractivity contribution in [2.45, 2.75) is 19.8 Å². The Hall–Kier alpha value is -1.65. The lowest BCUT2D eigenvalue weighted by Crippen LogP contribution is -2.11. The normalized spacial score (nSPS) is 14.0. The van der Waals surface area contributed by atoms with Crippen LogP contribution in [-0.4, -0.2) is 22.5 Å². The summed E-state index contributed by atoms with van der Waals surface area (Å²) in [5, 5.41) is 0.863. The van der Waals surface area contributed by atoms with Crippen molar-refractivity contribution in [3.63, 3.8) is 0 Å². The first-order valence-electron chi connectivity index (χ1n) is 7.01. The summed E-state index contributed by atoms with van der Waals surface area (Å²) in [7, 11) is 0. The summed E-state index contributed by atoms with van der Waals surface area (Å²) in [6.45, 7) is 2.22. The second kappa shape index (κ2) is 6.23. The maximum absolute atomic E-state index is 12.3. The summed E-state index contributed by atoms with van der Waals surface area (Å²) in [4.78, 5) is 20.7. The first-order valence-corrected chi connectivity index (χ1v) is 7.76. The van der Waals surface area contributed by atoms with Crippen LogP contribution in [0.3, 0.4) is 0 Å². The molecular weight excluding hydrogens is 323 g/mol. The van der Waals surface area contributed by atoms with Crippen molar-refractivity contribution < 1.29 is 9.53 Å². The number of hydrogen-bond acceptors (Lipinski definition) is 4. The standard InChI is InChI=1S/C16H14Cl2N2O2/c1-9-19-7-12(16(21)22-8-10-2-3-10)15(20-9)11-4-5-13(17)14(18)6-11/h4-7,10H,2-3,8H2,1H3. The lowest BCUT2D eigenvalue weighted by atomic mass is 10.1. The molecule has 0 atom stereocenters. The highest BCUT2D eigenvalue weighted by atomic mass is 35.5. The summed E-state index contributed by atoms with van der Waals surface area (Å²) in [5.41, 5.74) is 1.55. The predicted molar refractivity (Wildman–Crippen MR) is 85.2 cm³/mol. The largest absolute Gasteiger partial charge is 0.462 e. The number of carbonyl (C=O) groups is 1. The van der Waals surface area contributed by atoms with E-state index in [1.165, 1.54) is 6.20 Å². The molecule has 0 saturated heterocycles. The van der Waals surface area contributed by atoms with Gasteiger partial charge in [0.2, 0.25) is 0 Å². The maximum atomic E-state index is 12.3. The number of nitrogens with zero attached hydrogens (tertiary/aromatic N) is 2. The van der Waals surface area contributed by atoms with E-state index < -0.39 is 5.97 Å². The van der Waals surface area contributed by atoms with Gasteiger partial charge in [-0.3, -0.25) is 0 Å². The third kappa shape index (κ3) is 3.39. The number of carbonyl (C=O) groups excluding carboxylic acids is 1. The van der Waals surface area contributed by atoms with Crippen molar-refractivity contribution in [2.75, 3.05) is 6.61 Å². The Balaban J connectivity index is 1.95. The Labute approximate surface area is 138 Å². The van der Waals surface area contributed by atoms with E-state index in [0.717, 1.165) is 12.8 Å². The van der Waals surface area contributed by atoms with Crippen molar-refractivity contribution in [1.82, 2.24) is 9.97 Å². The molecule has 1 aliphatic rings. The van der Waals surface area contributed by atoms with E-state index in [-0.39, 0.29) is 0 Å². The van der Waals surface area contributed by atoms with Crippen LogP contribution in [0.2, 0.25) is 10.0 Å². The molecule has 0 spiro atoms. The number of halogens is 2. The highest BCUT2D eigenvalue weighted by Crippen LogP contribution is 2.31. The molecule has 3 rings (SSSR count). The van der Waals surface area contributed by atoms with E-state index in [1.807, 2.05) is 0 Å². The summed E-state index contributed by atoms with van der Waals surface area (Å²) in [6, 6.07) is 5.13. The van der Waals surface area contributed by atoms with Gasteiger partial charge < -0.3 is 4.74 Å². The molecule has 0 aliphatic heterocycles. The van der Waals surface area contributed by atoms with E-state index >= 15 is 0 Å². The third-order valence-electron chi connectivity index (χ3n) is 3.47. The van der Waals surface area contributed by atoms with Crippen LogP contribution in [-0.2, 0) is 4.74 Å². The van der Waals surface area contributed by atoms with Gasteiger partial charge in [-0.25, -0.2) is 14.8 Å². The average Bonchev–Trinajstić information content (AvgIpc) is 3.32. The van der Waals surface area contributed by atoms with Gasteiger partial charge in [-0.15, -0.1) is 0 Å². The first kappa shape index (κ1) is 15.3. The van der Waals surface area contributed by atoms with Crippen LogP contribution in [0.15, 0.2) is 24.4 Å². The molecule has 22 heavy (non-hydrogen) atoms. The molecule has 1 heterocycles. The van der Waals surface area contributed by atoms with Gasteiger partial charge in [0.25, 0.3) is 0 Å². The topological polar surface area (TPSA) is 52.1 Å². The Morgan fingerprint density at radius 3 is 2.77 bits per heavy atom. The third-order valence-corrected chi connectivity index (χ3v) is 4.21. The summed E-state index contributed by atoms with van der Waals surface area (Å²) in [5.74, 6) is 0.663. The maximum Gasteiger partial charge on any atom is 0.341 e. The minimum Gasteiger partial charge on any atom is -0.462 e. The monoisotopic (exact) mass is 336 g/mol. The molecule has 1 fully saturated rings. The number of aromatic nitrogens is 2. The van der Waals surface area contributed by atoms with Crippen LogP contribution in [0.25, 0.3) is 11.3 Å². The van der Waals surface area contributed by atoms with Crippen LogP contribution in [0, 0.1) is 12.8 Å². The summed E-state index contributed by atoms with van der Waals surface area (Å²) < 4.78 is 5.33. The Kier molecular flexibility index (Phi) is 4.32. The number of ether oxygens (including phenoxy) is 1. The Bertz CT molecular complexity index is 730. The zero-order valence-electron chi connectivity index (χ0n) is 12.0. The Morgan fingerprint density at radius 1 is 1.32 bits per heavy atom. The second-order valence-electron chi connectivity index (χ2n) is 5.35. The minimum absolute atomic E-state index is 0.338. The molecule has 0 radical (unpaired) electrons. The first-order chi connectivity index (χ1) is 10.5. The van der Waals surface area contributed by atoms with Gasteiger partial charge in [0.05, 0.1) is 22.3 Å². The molecular formula is C16H14Cl2N2O2. The fourth-order valence-electron chi connectivity index (χ4n) is 2.04. The Morgan fingerprint density at radius 2 is 2.09 bits per heavy atom. The van der Waals surface area contributed by atoms with E-state index in [2.05, 4.69) is 9.97 Å². The van der Waals surface area contributed by atoms with Crippen molar-refractivity contribution in [2.24, 2.45) is 5.92 Å². The highest BCUT2D eigenvalue weighted by molar-refractivity contribution is 6.42. The van der Waals surface area contributed by atoms with Gasteiger partial charge >= 0.3 is 5.97 Å². The molecule has 1 aromatic carbocycles. The summed E-state index contributed by atoms with van der Waals surface area (Å²) >= 11 is 12.0. The molecule has 2 aromatic rings. The summed E-state index contributed by atoms with van der Waals surface area (Å²) in [6.07, 6.45) is 3.74. The minimum atomic E-state index is -0.409. The van der Waals surface area contributed by atoms with E-state index in [4.69, 9.17) is 27.9 Å². The number of aryl methyl sites for hydroxylation is 1. The average molecular weight is 337 g/mol. The van der Waals surface area contributed by atoms with Gasteiger partial charge in [0.15, 0.2) is 0 Å². The van der Waals surface area contributed by atoms with Crippen LogP contribution in [0.5, 0.6) is 0 Å². The van der Waals surface area contributed by atoms with Crippen molar-refractivity contribution >= 4 is 29.2 Å². The quantitative estimate of drug-likeness (QED) is 0.780. The van der Waals surface area contributed by atoms with Crippen LogP contribution >= 0.6 is 23.2 Å². The van der Waals surface area contributed by atoms with Crippen LogP contribution < -0.4 is 0 Å². The number of esters is 1. The lowest BCUT2D eigenvalue weighted by Gasteiger charge is -2.10. The molecule has 0 N–H and O–H groups in total. The molecule has 0 unspecified atom stereocenters. The molecule has 1 aliphatic carbocycles. The van der Waals surface area contributed by atoms with E-state index in [9.17, 15) is 4.79 Å². The van der Waals surface area contributed by atoms with Crippen molar-refractivity contribution in [1.29, 1.82) is 0 Å². The zero-order chi connectivity index (χ0) is 15.7. The van der Waals surface area contributed by atoms with E-state index in [1.54, 1.807) is 25.1 Å². The zero-order valence-corrected chi connectivity index (χ0v) is 13.5. The SMILES string of the molecule is Cc1ncc(C(=O)OCC2CC2)c(-c2ccc(Cl)c(Cl)c2)n1. The molecule has 114 valence electrons. The van der Waals surface area contributed by atoms with E-state index in [0.29, 0.717) is 45.2 Å².